The summed E-state index contributed by atoms with van der Waals surface area (Å²) >= 11 is 12.4. The number of benzene rings is 3. The molecular formula is C24H19Cl2NO4S. The van der Waals surface area contributed by atoms with Crippen molar-refractivity contribution in [2.45, 2.75) is 24.7 Å². The number of sulfonamides is 1. The van der Waals surface area contributed by atoms with Crippen LogP contribution in [0.2, 0.25) is 10.0 Å². The lowest BCUT2D eigenvalue weighted by Crippen LogP contribution is -2.30. The van der Waals surface area contributed by atoms with Crippen molar-refractivity contribution in [1.29, 1.82) is 0 Å². The predicted octanol–water partition coefficient (Wildman–Crippen LogP) is 6.01. The van der Waals surface area contributed by atoms with Gasteiger partial charge in [-0.05, 0) is 48.0 Å². The largest absolute Gasteiger partial charge is 0.461 e. The van der Waals surface area contributed by atoms with Crippen LogP contribution in [0.15, 0.2) is 76.0 Å². The van der Waals surface area contributed by atoms with Gasteiger partial charge in [0.15, 0.2) is 0 Å². The molecule has 1 aromatic heterocycles. The van der Waals surface area contributed by atoms with Gasteiger partial charge in [0.25, 0.3) is 15.9 Å². The van der Waals surface area contributed by atoms with Gasteiger partial charge < -0.3 is 4.42 Å². The highest BCUT2D eigenvalue weighted by atomic mass is 35.5. The maximum absolute atomic E-state index is 12.8. The molecule has 0 fully saturated rings. The van der Waals surface area contributed by atoms with E-state index in [2.05, 4.69) is 4.72 Å². The lowest BCUT2D eigenvalue weighted by Gasteiger charge is -2.08. The SMILES string of the molecule is CCc1oc2ccc(C(=O)NS(=O)(=O)c3ccccc3)cc2c1Cc1ccc(Cl)cc1Cl. The second-order valence-electron chi connectivity index (χ2n) is 7.23. The molecule has 1 heterocycles. The van der Waals surface area contributed by atoms with Crippen LogP contribution < -0.4 is 4.72 Å². The predicted molar refractivity (Wildman–Crippen MR) is 126 cm³/mol. The van der Waals surface area contributed by atoms with Crippen LogP contribution in [0, 0.1) is 0 Å². The lowest BCUT2D eigenvalue weighted by atomic mass is 9.99. The van der Waals surface area contributed by atoms with Crippen molar-refractivity contribution < 1.29 is 17.6 Å². The van der Waals surface area contributed by atoms with Gasteiger partial charge in [-0.15, -0.1) is 0 Å². The number of rotatable bonds is 6. The molecule has 164 valence electrons. The van der Waals surface area contributed by atoms with Gasteiger partial charge in [-0.2, -0.15) is 0 Å². The fourth-order valence-electron chi connectivity index (χ4n) is 3.51. The number of carbonyl (C=O) groups is 1. The zero-order chi connectivity index (χ0) is 22.9. The number of hydrogen-bond acceptors (Lipinski definition) is 4. The zero-order valence-electron chi connectivity index (χ0n) is 17.1. The quantitative estimate of drug-likeness (QED) is 0.361. The van der Waals surface area contributed by atoms with E-state index < -0.39 is 15.9 Å². The maximum atomic E-state index is 12.8. The molecule has 0 bridgehead atoms. The summed E-state index contributed by atoms with van der Waals surface area (Å²) in [5, 5.41) is 1.82. The van der Waals surface area contributed by atoms with Gasteiger partial charge in [-0.1, -0.05) is 54.4 Å². The Morgan fingerprint density at radius 2 is 1.75 bits per heavy atom. The number of halogens is 2. The number of furan rings is 1. The van der Waals surface area contributed by atoms with Gasteiger partial charge in [0.1, 0.15) is 11.3 Å². The molecule has 0 saturated heterocycles. The van der Waals surface area contributed by atoms with E-state index in [0.29, 0.717) is 28.5 Å². The monoisotopic (exact) mass is 487 g/mol. The Morgan fingerprint density at radius 3 is 2.44 bits per heavy atom. The van der Waals surface area contributed by atoms with Crippen LogP contribution in [0.5, 0.6) is 0 Å². The van der Waals surface area contributed by atoms with Gasteiger partial charge >= 0.3 is 0 Å². The van der Waals surface area contributed by atoms with E-state index in [1.807, 2.05) is 13.0 Å². The number of amides is 1. The van der Waals surface area contributed by atoms with Crippen LogP contribution >= 0.6 is 23.2 Å². The molecule has 32 heavy (non-hydrogen) atoms. The van der Waals surface area contributed by atoms with Gasteiger partial charge in [-0.25, -0.2) is 13.1 Å². The lowest BCUT2D eigenvalue weighted by molar-refractivity contribution is 0.0981. The average molecular weight is 488 g/mol. The highest BCUT2D eigenvalue weighted by molar-refractivity contribution is 7.90. The molecule has 5 nitrogen and oxygen atoms in total. The minimum Gasteiger partial charge on any atom is -0.461 e. The summed E-state index contributed by atoms with van der Waals surface area (Å²) in [7, 11) is -3.98. The smallest absolute Gasteiger partial charge is 0.265 e. The molecule has 0 spiro atoms. The van der Waals surface area contributed by atoms with E-state index >= 15 is 0 Å². The molecule has 0 atom stereocenters. The molecule has 4 rings (SSSR count). The minimum absolute atomic E-state index is 0.0177. The molecule has 0 unspecified atom stereocenters. The van der Waals surface area contributed by atoms with Gasteiger partial charge in [-0.3, -0.25) is 4.79 Å². The van der Waals surface area contributed by atoms with Crippen molar-refractivity contribution in [1.82, 2.24) is 4.72 Å². The van der Waals surface area contributed by atoms with Gasteiger partial charge in [0.05, 0.1) is 4.90 Å². The highest BCUT2D eigenvalue weighted by Gasteiger charge is 2.21. The zero-order valence-corrected chi connectivity index (χ0v) is 19.4. The van der Waals surface area contributed by atoms with E-state index in [1.54, 1.807) is 48.5 Å². The van der Waals surface area contributed by atoms with Gasteiger partial charge in [0, 0.05) is 39.4 Å². The van der Waals surface area contributed by atoms with Crippen LogP contribution in [0.4, 0.5) is 0 Å². The fourth-order valence-corrected chi connectivity index (χ4v) is 4.99. The Kier molecular flexibility index (Phi) is 6.29. The van der Waals surface area contributed by atoms with Gasteiger partial charge in [0.2, 0.25) is 0 Å². The highest BCUT2D eigenvalue weighted by Crippen LogP contribution is 2.32. The first-order valence-corrected chi connectivity index (χ1v) is 12.1. The Bertz CT molecular complexity index is 1410. The Balaban J connectivity index is 1.70. The molecule has 0 saturated carbocycles. The van der Waals surface area contributed by atoms with Crippen molar-refractivity contribution >= 4 is 50.1 Å². The van der Waals surface area contributed by atoms with Crippen molar-refractivity contribution in [3.63, 3.8) is 0 Å². The summed E-state index contributed by atoms with van der Waals surface area (Å²) in [6, 6.07) is 17.9. The number of carbonyl (C=O) groups excluding carboxylic acids is 1. The van der Waals surface area contributed by atoms with E-state index in [0.717, 1.165) is 22.3 Å². The van der Waals surface area contributed by atoms with Crippen LogP contribution in [0.25, 0.3) is 11.0 Å². The molecule has 8 heteroatoms. The normalized spacial score (nSPS) is 11.6. The van der Waals surface area contributed by atoms with Crippen molar-refractivity contribution in [2.24, 2.45) is 0 Å². The molecule has 0 aliphatic rings. The third-order valence-corrected chi connectivity index (χ3v) is 7.05. The topological polar surface area (TPSA) is 76.4 Å². The van der Waals surface area contributed by atoms with Crippen molar-refractivity contribution in [3.05, 3.63) is 99.2 Å². The Labute approximate surface area is 196 Å². The maximum Gasteiger partial charge on any atom is 0.265 e. The molecule has 1 amide bonds. The molecule has 0 aliphatic carbocycles. The van der Waals surface area contributed by atoms with E-state index in [1.165, 1.54) is 12.1 Å². The summed E-state index contributed by atoms with van der Waals surface area (Å²) < 4.78 is 33.2. The first kappa shape index (κ1) is 22.4. The first-order valence-electron chi connectivity index (χ1n) is 9.89. The minimum atomic E-state index is -3.98. The summed E-state index contributed by atoms with van der Waals surface area (Å²) in [5.74, 6) is 0.0611. The molecule has 1 N–H and O–H groups in total. The van der Waals surface area contributed by atoms with Crippen LogP contribution in [0.3, 0.4) is 0 Å². The summed E-state index contributed by atoms with van der Waals surface area (Å²) in [6.07, 6.45) is 1.14. The summed E-state index contributed by atoms with van der Waals surface area (Å²) in [6.45, 7) is 1.98. The number of nitrogens with one attached hydrogen (secondary N) is 1. The molecule has 3 aromatic carbocycles. The van der Waals surface area contributed by atoms with Crippen LogP contribution in [-0.2, 0) is 22.9 Å². The third-order valence-electron chi connectivity index (χ3n) is 5.12. The second kappa shape index (κ2) is 8.98. The van der Waals surface area contributed by atoms with E-state index in [4.69, 9.17) is 27.6 Å². The number of hydrogen-bond donors (Lipinski definition) is 1. The van der Waals surface area contributed by atoms with E-state index in [9.17, 15) is 13.2 Å². The van der Waals surface area contributed by atoms with E-state index in [-0.39, 0.29) is 10.5 Å². The van der Waals surface area contributed by atoms with Crippen LogP contribution in [-0.4, -0.2) is 14.3 Å². The van der Waals surface area contributed by atoms with Crippen molar-refractivity contribution in [2.75, 3.05) is 0 Å². The molecule has 0 aliphatic heterocycles. The van der Waals surface area contributed by atoms with Crippen molar-refractivity contribution in [3.8, 4) is 0 Å². The molecule has 4 aromatic rings. The second-order valence-corrected chi connectivity index (χ2v) is 9.75. The van der Waals surface area contributed by atoms with Crippen LogP contribution in [0.1, 0.15) is 34.2 Å². The average Bonchev–Trinajstić information content (AvgIpc) is 3.12. The number of fused-ring (bicyclic) bond motifs is 1. The third kappa shape index (κ3) is 4.53. The summed E-state index contributed by atoms with van der Waals surface area (Å²) in [5.41, 5.74) is 2.59. The summed E-state index contributed by atoms with van der Waals surface area (Å²) in [4.78, 5) is 12.8. The fraction of sp³-hybridized carbons (Fsp3) is 0.125. The Morgan fingerprint density at radius 1 is 1.00 bits per heavy atom. The molecular weight excluding hydrogens is 469 g/mol. The first-order chi connectivity index (χ1) is 15.3. The molecule has 0 radical (unpaired) electrons. The Hall–Kier alpha value is -2.80. The standard InChI is InChI=1S/C24H19Cl2NO4S/c1-2-22-19(12-15-8-10-17(25)14-21(15)26)20-13-16(9-11-23(20)31-22)24(28)27-32(29,30)18-6-4-3-5-7-18/h3-11,13-14H,2,12H2,1H3,(H,27,28). The number of aryl methyl sites for hydroxylation is 1.